The molecule has 1 aliphatic heterocycles. The van der Waals surface area contributed by atoms with Crippen molar-refractivity contribution in [1.82, 2.24) is 9.88 Å². The molecule has 6 rings (SSSR count). The van der Waals surface area contributed by atoms with Gasteiger partial charge in [0.2, 0.25) is 0 Å². The predicted octanol–water partition coefficient (Wildman–Crippen LogP) is 5.31. The van der Waals surface area contributed by atoms with E-state index in [4.69, 9.17) is 5.11 Å². The summed E-state index contributed by atoms with van der Waals surface area (Å²) in [6.07, 6.45) is 3.43. The topological polar surface area (TPSA) is 56.3 Å². The van der Waals surface area contributed by atoms with E-state index in [9.17, 15) is 4.79 Å². The van der Waals surface area contributed by atoms with Crippen molar-refractivity contribution in [3.8, 4) is 11.3 Å². The Morgan fingerprint density at radius 1 is 1.03 bits per heavy atom. The van der Waals surface area contributed by atoms with Gasteiger partial charge in [0.15, 0.2) is 0 Å². The van der Waals surface area contributed by atoms with Crippen molar-refractivity contribution in [2.24, 2.45) is 5.92 Å². The second kappa shape index (κ2) is 7.59. The Kier molecular flexibility index (Phi) is 4.68. The maximum atomic E-state index is 15.1. The van der Waals surface area contributed by atoms with E-state index in [1.54, 1.807) is 6.07 Å². The summed E-state index contributed by atoms with van der Waals surface area (Å²) in [5.41, 5.74) is 6.45. The zero-order chi connectivity index (χ0) is 21.8. The number of aliphatic carboxylic acids is 1. The van der Waals surface area contributed by atoms with Crippen molar-refractivity contribution in [2.75, 3.05) is 6.54 Å². The molecule has 0 spiro atoms. The molecule has 0 bridgehead atoms. The number of carbonyl (C=O) groups is 1. The second-order valence-corrected chi connectivity index (χ2v) is 9.66. The number of H-pyrrole nitrogens is 1. The molecule has 2 saturated carbocycles. The van der Waals surface area contributed by atoms with E-state index in [0.717, 1.165) is 55.6 Å². The van der Waals surface area contributed by atoms with E-state index >= 15 is 4.39 Å². The van der Waals surface area contributed by atoms with Crippen molar-refractivity contribution in [2.45, 2.75) is 50.1 Å². The first-order valence-electron chi connectivity index (χ1n) is 11.6. The van der Waals surface area contributed by atoms with Gasteiger partial charge in [-0.25, -0.2) is 4.39 Å². The number of nitrogens with zero attached hydrogens (tertiary/aromatic N) is 1. The van der Waals surface area contributed by atoms with Crippen LogP contribution < -0.4 is 0 Å². The van der Waals surface area contributed by atoms with Gasteiger partial charge in [-0.1, -0.05) is 42.5 Å². The lowest BCUT2D eigenvalue weighted by atomic mass is 9.78. The molecule has 32 heavy (non-hydrogen) atoms. The summed E-state index contributed by atoms with van der Waals surface area (Å²) < 4.78 is 15.1. The highest BCUT2D eigenvalue weighted by Gasteiger charge is 2.41. The first kappa shape index (κ1) is 19.7. The first-order valence-corrected chi connectivity index (χ1v) is 11.6. The largest absolute Gasteiger partial charge is 0.481 e. The molecule has 0 amide bonds. The Morgan fingerprint density at radius 3 is 2.59 bits per heavy atom. The zero-order valence-electron chi connectivity index (χ0n) is 17.9. The van der Waals surface area contributed by atoms with Gasteiger partial charge in [0, 0.05) is 42.5 Å². The number of nitrogens with one attached hydrogen (secondary N) is 1. The van der Waals surface area contributed by atoms with Crippen LogP contribution in [0, 0.1) is 11.7 Å². The standard InChI is InChI=1S/C27H27FN2O2/c28-24-12-17(6-7-21(24)23-14-22(23)16-4-2-1-3-5-16)26-13-19-15-30(9-8-25(19)29-26)20-10-18(11-20)27(31)32/h1-7,12-13,18,20,22-23,29H,8-11,14-15H2,(H,31,32). The summed E-state index contributed by atoms with van der Waals surface area (Å²) in [5, 5.41) is 9.13. The highest BCUT2D eigenvalue weighted by atomic mass is 19.1. The Bertz CT molecular complexity index is 1170. The highest BCUT2D eigenvalue weighted by Crippen LogP contribution is 2.55. The van der Waals surface area contributed by atoms with Gasteiger partial charge in [-0.2, -0.15) is 0 Å². The molecule has 2 unspecified atom stereocenters. The minimum atomic E-state index is -0.672. The number of aromatic nitrogens is 1. The van der Waals surface area contributed by atoms with Gasteiger partial charge in [0.05, 0.1) is 5.92 Å². The van der Waals surface area contributed by atoms with Crippen molar-refractivity contribution in [3.63, 3.8) is 0 Å². The van der Waals surface area contributed by atoms with Crippen LogP contribution >= 0.6 is 0 Å². The van der Waals surface area contributed by atoms with Crippen LogP contribution in [0.4, 0.5) is 4.39 Å². The summed E-state index contributed by atoms with van der Waals surface area (Å²) in [6.45, 7) is 1.78. The van der Waals surface area contributed by atoms with Crippen molar-refractivity contribution < 1.29 is 14.3 Å². The number of hydrogen-bond donors (Lipinski definition) is 2. The molecule has 3 aliphatic rings. The van der Waals surface area contributed by atoms with Crippen LogP contribution in [0.2, 0.25) is 0 Å². The third-order valence-electron chi connectivity index (χ3n) is 7.72. The second-order valence-electron chi connectivity index (χ2n) is 9.66. The number of aromatic amines is 1. The van der Waals surface area contributed by atoms with E-state index in [-0.39, 0.29) is 17.7 Å². The molecule has 0 saturated heterocycles. The average molecular weight is 431 g/mol. The Hall–Kier alpha value is -2.92. The summed E-state index contributed by atoms with van der Waals surface area (Å²) in [6, 6.07) is 18.6. The fourth-order valence-corrected chi connectivity index (χ4v) is 5.62. The van der Waals surface area contributed by atoms with Gasteiger partial charge in [0.1, 0.15) is 5.82 Å². The first-order chi connectivity index (χ1) is 15.6. The van der Waals surface area contributed by atoms with Gasteiger partial charge >= 0.3 is 5.97 Å². The maximum absolute atomic E-state index is 15.1. The lowest BCUT2D eigenvalue weighted by Gasteiger charge is -2.42. The Balaban J connectivity index is 1.16. The highest BCUT2D eigenvalue weighted by molar-refractivity contribution is 5.71. The summed E-state index contributed by atoms with van der Waals surface area (Å²) in [5.74, 6) is -0.275. The van der Waals surface area contributed by atoms with Crippen molar-refractivity contribution in [3.05, 3.63) is 82.8 Å². The summed E-state index contributed by atoms with van der Waals surface area (Å²) >= 11 is 0. The SMILES string of the molecule is O=C(O)C1CC(N2CCc3[nH]c(-c4ccc(C5CC5c5ccccc5)c(F)c4)cc3C2)C1. The molecular formula is C27H27FN2O2. The maximum Gasteiger partial charge on any atom is 0.306 e. The molecule has 2 aliphatic carbocycles. The van der Waals surface area contributed by atoms with E-state index in [0.29, 0.717) is 12.0 Å². The number of benzene rings is 2. The molecule has 2 N–H and O–H groups in total. The molecular weight excluding hydrogens is 403 g/mol. The molecule has 2 heterocycles. The van der Waals surface area contributed by atoms with E-state index < -0.39 is 5.97 Å². The van der Waals surface area contributed by atoms with Crippen LogP contribution in [-0.2, 0) is 17.8 Å². The van der Waals surface area contributed by atoms with Gasteiger partial charge in [0.25, 0.3) is 0 Å². The van der Waals surface area contributed by atoms with Crippen LogP contribution in [0.25, 0.3) is 11.3 Å². The van der Waals surface area contributed by atoms with E-state index in [1.165, 1.54) is 16.8 Å². The fraction of sp³-hybridized carbons (Fsp3) is 0.370. The molecule has 2 atom stereocenters. The van der Waals surface area contributed by atoms with E-state index in [2.05, 4.69) is 28.1 Å². The normalized spacial score (nSPS) is 26.9. The molecule has 164 valence electrons. The molecule has 2 aromatic carbocycles. The smallest absolute Gasteiger partial charge is 0.306 e. The number of carboxylic acids is 1. The molecule has 5 heteroatoms. The van der Waals surface area contributed by atoms with Gasteiger partial charge in [-0.15, -0.1) is 0 Å². The van der Waals surface area contributed by atoms with Crippen LogP contribution in [0.5, 0.6) is 0 Å². The summed E-state index contributed by atoms with van der Waals surface area (Å²) in [4.78, 5) is 17.0. The lowest BCUT2D eigenvalue weighted by molar-refractivity contribution is -0.147. The lowest BCUT2D eigenvalue weighted by Crippen LogP contribution is -2.48. The number of hydrogen-bond acceptors (Lipinski definition) is 2. The van der Waals surface area contributed by atoms with Crippen LogP contribution in [0.3, 0.4) is 0 Å². The van der Waals surface area contributed by atoms with Gasteiger partial charge < -0.3 is 10.1 Å². The fourth-order valence-electron chi connectivity index (χ4n) is 5.62. The summed E-state index contributed by atoms with van der Waals surface area (Å²) in [7, 11) is 0. The van der Waals surface area contributed by atoms with Crippen LogP contribution in [0.1, 0.15) is 53.5 Å². The van der Waals surface area contributed by atoms with Gasteiger partial charge in [-0.05, 0) is 59.9 Å². The van der Waals surface area contributed by atoms with Crippen molar-refractivity contribution >= 4 is 5.97 Å². The third kappa shape index (κ3) is 3.45. The monoisotopic (exact) mass is 430 g/mol. The quantitative estimate of drug-likeness (QED) is 0.577. The number of rotatable bonds is 5. The molecule has 0 radical (unpaired) electrons. The number of carboxylic acid groups (broad SMARTS) is 1. The van der Waals surface area contributed by atoms with Gasteiger partial charge in [-0.3, -0.25) is 9.69 Å². The predicted molar refractivity (Wildman–Crippen MR) is 121 cm³/mol. The van der Waals surface area contributed by atoms with Crippen LogP contribution in [0.15, 0.2) is 54.6 Å². The zero-order valence-corrected chi connectivity index (χ0v) is 17.9. The number of halogens is 1. The minimum absolute atomic E-state index is 0.116. The number of fused-ring (bicyclic) bond motifs is 1. The van der Waals surface area contributed by atoms with Crippen LogP contribution in [-0.4, -0.2) is 33.5 Å². The molecule has 2 fully saturated rings. The average Bonchev–Trinajstić information content (AvgIpc) is 3.43. The Labute approximate surface area is 187 Å². The Morgan fingerprint density at radius 2 is 1.84 bits per heavy atom. The molecule has 4 nitrogen and oxygen atoms in total. The third-order valence-corrected chi connectivity index (χ3v) is 7.72. The van der Waals surface area contributed by atoms with E-state index in [1.807, 2.05) is 30.3 Å². The van der Waals surface area contributed by atoms with Crippen molar-refractivity contribution in [1.29, 1.82) is 0 Å². The minimum Gasteiger partial charge on any atom is -0.481 e. The molecule has 1 aromatic heterocycles. The molecule has 3 aromatic rings.